The Morgan fingerprint density at radius 1 is 1.20 bits per heavy atom. The van der Waals surface area contributed by atoms with Gasteiger partial charge in [0.2, 0.25) is 15.9 Å². The summed E-state index contributed by atoms with van der Waals surface area (Å²) in [5, 5.41) is 2.86. The molecule has 1 saturated heterocycles. The second kappa shape index (κ2) is 10.0. The molecule has 1 aliphatic heterocycles. The van der Waals surface area contributed by atoms with Crippen molar-refractivity contribution in [2.75, 3.05) is 19.7 Å². The number of nitrogens with one attached hydrogen (secondary N) is 1. The third-order valence-corrected chi connectivity index (χ3v) is 7.03. The molecule has 1 aliphatic rings. The van der Waals surface area contributed by atoms with Crippen molar-refractivity contribution in [1.29, 1.82) is 0 Å². The van der Waals surface area contributed by atoms with Gasteiger partial charge in [-0.2, -0.15) is 4.31 Å². The van der Waals surface area contributed by atoms with Gasteiger partial charge >= 0.3 is 0 Å². The number of ether oxygens (including phenoxy) is 1. The highest BCUT2D eigenvalue weighted by atomic mass is 32.2. The monoisotopic (exact) mass is 431 g/mol. The molecule has 1 aromatic carbocycles. The lowest BCUT2D eigenvalue weighted by molar-refractivity contribution is 0.0949. The van der Waals surface area contributed by atoms with Gasteiger partial charge in [-0.25, -0.2) is 13.4 Å². The van der Waals surface area contributed by atoms with Gasteiger partial charge in [0, 0.05) is 37.0 Å². The van der Waals surface area contributed by atoms with Crippen molar-refractivity contribution < 1.29 is 17.9 Å². The van der Waals surface area contributed by atoms with E-state index in [1.54, 1.807) is 31.3 Å². The fourth-order valence-corrected chi connectivity index (χ4v) is 4.96. The van der Waals surface area contributed by atoms with E-state index in [0.29, 0.717) is 31.1 Å². The molecule has 1 fully saturated rings. The van der Waals surface area contributed by atoms with Crippen molar-refractivity contribution in [2.45, 2.75) is 51.0 Å². The maximum absolute atomic E-state index is 13.0. The zero-order chi connectivity index (χ0) is 21.6. The third-order valence-electron chi connectivity index (χ3n) is 5.14. The Bertz CT molecular complexity index is 986. The van der Waals surface area contributed by atoms with E-state index in [9.17, 15) is 13.2 Å². The summed E-state index contributed by atoms with van der Waals surface area (Å²) in [6, 6.07) is 8.38. The normalized spacial score (nSPS) is 15.0. The number of aryl methyl sites for hydroxylation is 1. The number of carbonyl (C=O) groups is 1. The van der Waals surface area contributed by atoms with Crippen LogP contribution in [-0.4, -0.2) is 43.3 Å². The molecule has 7 nitrogen and oxygen atoms in total. The van der Waals surface area contributed by atoms with Crippen molar-refractivity contribution in [2.24, 2.45) is 0 Å². The van der Waals surface area contributed by atoms with Crippen LogP contribution in [0.2, 0.25) is 0 Å². The summed E-state index contributed by atoms with van der Waals surface area (Å²) in [6.07, 6.45) is 5.29. The highest BCUT2D eigenvalue weighted by Crippen LogP contribution is 2.23. The first-order valence-corrected chi connectivity index (χ1v) is 11.8. The molecule has 0 atom stereocenters. The number of hydrogen-bond donors (Lipinski definition) is 1. The fourth-order valence-electron chi connectivity index (χ4n) is 3.42. The van der Waals surface area contributed by atoms with Crippen LogP contribution in [0, 0.1) is 6.92 Å². The summed E-state index contributed by atoms with van der Waals surface area (Å²) < 4.78 is 33.1. The number of aromatic nitrogens is 1. The minimum atomic E-state index is -3.60. The largest absolute Gasteiger partial charge is 0.477 e. The predicted octanol–water partition coefficient (Wildman–Crippen LogP) is 3.28. The van der Waals surface area contributed by atoms with Crippen LogP contribution < -0.4 is 10.1 Å². The maximum Gasteiger partial charge on any atom is 0.251 e. The van der Waals surface area contributed by atoms with Gasteiger partial charge in [-0.15, -0.1) is 0 Å². The van der Waals surface area contributed by atoms with Gasteiger partial charge in [0.25, 0.3) is 5.91 Å². The first-order chi connectivity index (χ1) is 14.4. The van der Waals surface area contributed by atoms with Crippen molar-refractivity contribution in [3.63, 3.8) is 0 Å². The molecule has 1 N–H and O–H groups in total. The maximum atomic E-state index is 13.0. The van der Waals surface area contributed by atoms with E-state index in [0.717, 1.165) is 36.8 Å². The summed E-state index contributed by atoms with van der Waals surface area (Å²) in [5.41, 5.74) is 1.85. The SMILES string of the molecule is CCCOc1ncccc1CNC(=O)c1cc(S(=O)(=O)N2CCCCC2)ccc1C. The van der Waals surface area contributed by atoms with Crippen molar-refractivity contribution in [3.05, 3.63) is 53.2 Å². The quantitative estimate of drug-likeness (QED) is 0.693. The van der Waals surface area contributed by atoms with Crippen LogP contribution in [0.4, 0.5) is 0 Å². The molecule has 162 valence electrons. The highest BCUT2D eigenvalue weighted by Gasteiger charge is 2.27. The topological polar surface area (TPSA) is 88.6 Å². The van der Waals surface area contributed by atoms with Crippen LogP contribution in [0.15, 0.2) is 41.4 Å². The molecule has 0 spiro atoms. The summed E-state index contributed by atoms with van der Waals surface area (Å²) in [6.45, 7) is 5.66. The molecule has 2 aromatic rings. The van der Waals surface area contributed by atoms with Gasteiger partial charge < -0.3 is 10.1 Å². The number of nitrogens with zero attached hydrogens (tertiary/aromatic N) is 2. The van der Waals surface area contributed by atoms with Gasteiger partial charge in [-0.1, -0.05) is 25.5 Å². The zero-order valence-corrected chi connectivity index (χ0v) is 18.4. The summed E-state index contributed by atoms with van der Waals surface area (Å²) in [4.78, 5) is 17.2. The second-order valence-electron chi connectivity index (χ2n) is 7.44. The van der Waals surface area contributed by atoms with E-state index in [4.69, 9.17) is 4.74 Å². The minimum Gasteiger partial charge on any atom is -0.477 e. The van der Waals surface area contributed by atoms with E-state index in [-0.39, 0.29) is 17.3 Å². The van der Waals surface area contributed by atoms with Crippen LogP contribution >= 0.6 is 0 Å². The molecule has 3 rings (SSSR count). The van der Waals surface area contributed by atoms with Crippen LogP contribution in [0.3, 0.4) is 0 Å². The molecule has 2 heterocycles. The van der Waals surface area contributed by atoms with Crippen LogP contribution in [0.25, 0.3) is 0 Å². The molecule has 0 radical (unpaired) electrons. The first-order valence-electron chi connectivity index (χ1n) is 10.4. The lowest BCUT2D eigenvalue weighted by atomic mass is 10.1. The number of carbonyl (C=O) groups excluding carboxylic acids is 1. The van der Waals surface area contributed by atoms with Crippen molar-refractivity contribution in [1.82, 2.24) is 14.6 Å². The molecule has 0 aliphatic carbocycles. The van der Waals surface area contributed by atoms with Crippen molar-refractivity contribution >= 4 is 15.9 Å². The van der Waals surface area contributed by atoms with Crippen LogP contribution in [-0.2, 0) is 16.6 Å². The highest BCUT2D eigenvalue weighted by molar-refractivity contribution is 7.89. The Morgan fingerprint density at radius 2 is 1.97 bits per heavy atom. The average molecular weight is 432 g/mol. The standard InChI is InChI=1S/C22H29N3O4S/c1-3-14-29-22-18(8-7-11-23-22)16-24-21(26)20-15-19(10-9-17(20)2)30(27,28)25-12-5-4-6-13-25/h7-11,15H,3-6,12-14,16H2,1-2H3,(H,24,26). The minimum absolute atomic E-state index is 0.161. The van der Waals surface area contributed by atoms with E-state index in [1.807, 2.05) is 13.0 Å². The summed E-state index contributed by atoms with van der Waals surface area (Å²) >= 11 is 0. The number of benzene rings is 1. The van der Waals surface area contributed by atoms with Crippen LogP contribution in [0.1, 0.15) is 54.1 Å². The molecule has 0 bridgehead atoms. The van der Waals surface area contributed by atoms with Gasteiger partial charge in [0.1, 0.15) is 0 Å². The number of hydrogen-bond acceptors (Lipinski definition) is 5. The number of pyridine rings is 1. The van der Waals surface area contributed by atoms with E-state index < -0.39 is 10.0 Å². The number of piperidine rings is 1. The Labute approximate surface area is 178 Å². The number of rotatable bonds is 8. The van der Waals surface area contributed by atoms with E-state index >= 15 is 0 Å². The molecule has 0 saturated carbocycles. The summed E-state index contributed by atoms with van der Waals surface area (Å²) in [5.74, 6) is 0.172. The van der Waals surface area contributed by atoms with Gasteiger partial charge in [-0.05, 0) is 49.9 Å². The fraction of sp³-hybridized carbons (Fsp3) is 0.455. The van der Waals surface area contributed by atoms with E-state index in [1.165, 1.54) is 10.4 Å². The Hall–Kier alpha value is -2.45. The Morgan fingerprint density at radius 3 is 2.70 bits per heavy atom. The van der Waals surface area contributed by atoms with E-state index in [2.05, 4.69) is 10.3 Å². The van der Waals surface area contributed by atoms with Crippen molar-refractivity contribution in [3.8, 4) is 5.88 Å². The first kappa shape index (κ1) is 22.2. The molecule has 30 heavy (non-hydrogen) atoms. The Kier molecular flexibility index (Phi) is 7.44. The second-order valence-corrected chi connectivity index (χ2v) is 9.38. The summed E-state index contributed by atoms with van der Waals surface area (Å²) in [7, 11) is -3.60. The molecule has 8 heteroatoms. The third kappa shape index (κ3) is 5.17. The lowest BCUT2D eigenvalue weighted by Gasteiger charge is -2.26. The Balaban J connectivity index is 1.76. The van der Waals surface area contributed by atoms with Crippen LogP contribution in [0.5, 0.6) is 5.88 Å². The number of amides is 1. The molecular formula is C22H29N3O4S. The molecular weight excluding hydrogens is 402 g/mol. The smallest absolute Gasteiger partial charge is 0.251 e. The van der Waals surface area contributed by atoms with Gasteiger partial charge in [-0.3, -0.25) is 4.79 Å². The molecule has 1 aromatic heterocycles. The predicted molar refractivity (Wildman–Crippen MR) is 115 cm³/mol. The molecule has 0 unspecified atom stereocenters. The van der Waals surface area contributed by atoms with Gasteiger partial charge in [0.05, 0.1) is 11.5 Å². The molecule has 1 amide bonds. The number of sulfonamides is 1. The average Bonchev–Trinajstić information content (AvgIpc) is 2.77. The lowest BCUT2D eigenvalue weighted by Crippen LogP contribution is -2.35. The zero-order valence-electron chi connectivity index (χ0n) is 17.6. The van der Waals surface area contributed by atoms with Gasteiger partial charge in [0.15, 0.2) is 0 Å².